The molecule has 11 rings (SSSR count). The number of fused-ring (bicyclic) bond motifs is 2. The van der Waals surface area contributed by atoms with Crippen LogP contribution < -0.4 is 10.0 Å². The third-order valence-electron chi connectivity index (χ3n) is 13.0. The lowest BCUT2D eigenvalue weighted by Gasteiger charge is -2.25. The molecule has 2 aliphatic rings. The minimum Gasteiger partial charge on any atom is -0.436 e. The van der Waals surface area contributed by atoms with Gasteiger partial charge in [0.2, 0.25) is 11.8 Å². The fraction of sp³-hybridized carbons (Fsp3) is 0.207. The van der Waals surface area contributed by atoms with Gasteiger partial charge in [-0.25, -0.2) is 9.97 Å². The van der Waals surface area contributed by atoms with Crippen molar-refractivity contribution >= 4 is 45.0 Å². The molecular weight excluding hydrogens is 813 g/mol. The number of rotatable bonds is 8. The van der Waals surface area contributed by atoms with Gasteiger partial charge >= 0.3 is 0 Å². The zero-order valence-electron chi connectivity index (χ0n) is 38.2. The van der Waals surface area contributed by atoms with Crippen LogP contribution in [0.2, 0.25) is 0 Å². The number of oxazole rings is 2. The lowest BCUT2D eigenvalue weighted by atomic mass is 9.85. The molecule has 2 aliphatic heterocycles. The van der Waals surface area contributed by atoms with E-state index in [1.54, 1.807) is 0 Å². The number of hydrazone groups is 2. The minimum absolute atomic E-state index is 0.0241. The van der Waals surface area contributed by atoms with Gasteiger partial charge in [-0.15, -0.1) is 0 Å². The van der Waals surface area contributed by atoms with Crippen molar-refractivity contribution < 1.29 is 8.83 Å². The summed E-state index contributed by atoms with van der Waals surface area (Å²) in [4.78, 5) is 9.47. The number of hydrogen-bond acceptors (Lipinski definition) is 8. The van der Waals surface area contributed by atoms with Crippen LogP contribution in [0, 0.1) is 0 Å². The molecule has 2 unspecified atom stereocenters. The van der Waals surface area contributed by atoms with Crippen LogP contribution in [-0.4, -0.2) is 21.4 Å². The number of para-hydroxylation sites is 4. The summed E-state index contributed by atoms with van der Waals surface area (Å²) >= 11 is 0. The van der Waals surface area contributed by atoms with Gasteiger partial charge in [0.25, 0.3) is 0 Å². The highest BCUT2D eigenvalue weighted by Crippen LogP contribution is 2.41. The Labute approximate surface area is 386 Å². The fourth-order valence-electron chi connectivity index (χ4n) is 9.14. The zero-order valence-corrected chi connectivity index (χ0v) is 38.2. The molecule has 0 spiro atoms. The molecule has 0 radical (unpaired) electrons. The van der Waals surface area contributed by atoms with Crippen LogP contribution in [0.15, 0.2) is 189 Å². The van der Waals surface area contributed by atoms with Crippen LogP contribution in [0.3, 0.4) is 0 Å². The van der Waals surface area contributed by atoms with Crippen molar-refractivity contribution in [1.29, 1.82) is 0 Å². The molecule has 0 saturated heterocycles. The van der Waals surface area contributed by atoms with E-state index in [1.165, 1.54) is 22.3 Å². The largest absolute Gasteiger partial charge is 0.436 e. The van der Waals surface area contributed by atoms with E-state index in [4.69, 9.17) is 29.0 Å². The first-order valence-corrected chi connectivity index (χ1v) is 22.9. The summed E-state index contributed by atoms with van der Waals surface area (Å²) < 4.78 is 12.2. The predicted octanol–water partition coefficient (Wildman–Crippen LogP) is 14.6. The fourth-order valence-corrected chi connectivity index (χ4v) is 9.14. The molecule has 0 N–H and O–H groups in total. The molecule has 0 fully saturated rings. The molecule has 8 nitrogen and oxygen atoms in total. The van der Waals surface area contributed by atoms with Crippen molar-refractivity contribution in [3.63, 3.8) is 0 Å². The van der Waals surface area contributed by atoms with Crippen LogP contribution in [0.25, 0.3) is 45.1 Å². The Morgan fingerprint density at radius 3 is 1.11 bits per heavy atom. The Hall–Kier alpha value is -7.58. The second kappa shape index (κ2) is 16.1. The highest BCUT2D eigenvalue weighted by Gasteiger charge is 2.33. The van der Waals surface area contributed by atoms with E-state index in [-0.39, 0.29) is 22.9 Å². The Morgan fingerprint density at radius 2 is 0.758 bits per heavy atom. The number of hydrogen-bond donors (Lipinski definition) is 0. The van der Waals surface area contributed by atoms with Crippen molar-refractivity contribution in [1.82, 2.24) is 9.97 Å². The molecule has 8 heteroatoms. The summed E-state index contributed by atoms with van der Waals surface area (Å²) in [5.41, 5.74) is 16.6. The maximum atomic E-state index is 6.10. The van der Waals surface area contributed by atoms with Crippen molar-refractivity contribution in [3.8, 4) is 22.9 Å². The van der Waals surface area contributed by atoms with Crippen LogP contribution in [0.4, 0.5) is 11.4 Å². The van der Waals surface area contributed by atoms with Gasteiger partial charge in [0.05, 0.1) is 34.9 Å². The Bertz CT molecular complexity index is 2970. The van der Waals surface area contributed by atoms with E-state index in [2.05, 4.69) is 173 Å². The highest BCUT2D eigenvalue weighted by atomic mass is 16.4. The quantitative estimate of drug-likeness (QED) is 0.151. The summed E-state index contributed by atoms with van der Waals surface area (Å²) in [6, 6.07) is 59.6. The standard InChI is InChI=1S/C58H52N6O2/c1-57(2,3)43-27-19-39(20-28-43)51-35-49(61-63(51)45-31-23-41(24-32-45)55-59-47-11-7-9-13-53(47)65-55)37-15-17-38(18-16-37)50-36-52(40-21-29-44(30-22-40)58(4,5)6)64(62-50)46-33-25-42(26-34-46)56-60-48-12-8-10-14-54(48)66-56/h7-34,51-52H,35-36H2,1-6H3. The van der Waals surface area contributed by atoms with Gasteiger partial charge in [-0.3, -0.25) is 10.0 Å². The van der Waals surface area contributed by atoms with E-state index in [0.29, 0.717) is 11.8 Å². The predicted molar refractivity (Wildman–Crippen MR) is 268 cm³/mol. The summed E-state index contributed by atoms with van der Waals surface area (Å²) in [7, 11) is 0. The molecule has 0 saturated carbocycles. The molecule has 326 valence electrons. The van der Waals surface area contributed by atoms with Crippen molar-refractivity contribution in [3.05, 3.63) is 203 Å². The molecule has 2 atom stereocenters. The SMILES string of the molecule is CC(C)(C)c1ccc(C2CC(c3ccc(C4=NN(c5ccc(-c6nc7ccccc7o6)cc5)C(c5ccc(C(C)(C)C)cc5)C4)cc3)=NN2c2ccc(-c3nc4ccccc4o3)cc2)cc1. The lowest BCUT2D eigenvalue weighted by molar-refractivity contribution is 0.589. The van der Waals surface area contributed by atoms with Gasteiger partial charge in [-0.05, 0) is 117 Å². The normalized spacial score (nSPS) is 16.6. The molecule has 0 bridgehead atoms. The van der Waals surface area contributed by atoms with Gasteiger partial charge in [0.1, 0.15) is 11.0 Å². The molecule has 4 heterocycles. The molecule has 7 aromatic carbocycles. The average molecular weight is 865 g/mol. The van der Waals surface area contributed by atoms with Gasteiger partial charge < -0.3 is 8.83 Å². The smallest absolute Gasteiger partial charge is 0.227 e. The maximum Gasteiger partial charge on any atom is 0.227 e. The first-order valence-electron chi connectivity index (χ1n) is 22.9. The van der Waals surface area contributed by atoms with Gasteiger partial charge in [-0.2, -0.15) is 10.2 Å². The van der Waals surface area contributed by atoms with E-state index < -0.39 is 0 Å². The maximum absolute atomic E-state index is 6.10. The molecule has 0 amide bonds. The molecule has 0 aliphatic carbocycles. The molecule has 9 aromatic rings. The number of anilines is 2. The molecule has 66 heavy (non-hydrogen) atoms. The monoisotopic (exact) mass is 864 g/mol. The Kier molecular flexibility index (Phi) is 10.1. The first-order chi connectivity index (χ1) is 31.9. The average Bonchev–Trinajstić information content (AvgIpc) is 4.16. The lowest BCUT2D eigenvalue weighted by Crippen LogP contribution is -2.19. The first kappa shape index (κ1) is 41.1. The third-order valence-corrected chi connectivity index (χ3v) is 13.0. The summed E-state index contributed by atoms with van der Waals surface area (Å²) in [6.45, 7) is 13.5. The highest BCUT2D eigenvalue weighted by molar-refractivity contribution is 6.06. The second-order valence-electron chi connectivity index (χ2n) is 19.6. The number of benzene rings is 7. The van der Waals surface area contributed by atoms with Crippen LogP contribution in [-0.2, 0) is 10.8 Å². The van der Waals surface area contributed by atoms with Crippen LogP contribution >= 0.6 is 0 Å². The number of nitrogens with zero attached hydrogens (tertiary/aromatic N) is 6. The topological polar surface area (TPSA) is 83.3 Å². The van der Waals surface area contributed by atoms with E-state index >= 15 is 0 Å². The van der Waals surface area contributed by atoms with Crippen LogP contribution in [0.5, 0.6) is 0 Å². The minimum atomic E-state index is 0.0241. The molecular formula is C58H52N6O2. The number of aromatic nitrogens is 2. The summed E-state index contributed by atoms with van der Waals surface area (Å²) in [5, 5.41) is 15.1. The van der Waals surface area contributed by atoms with Gasteiger partial charge in [0, 0.05) is 24.0 Å². The van der Waals surface area contributed by atoms with Crippen molar-refractivity contribution in [2.75, 3.05) is 10.0 Å². The Morgan fingerprint density at radius 1 is 0.409 bits per heavy atom. The third kappa shape index (κ3) is 7.87. The van der Waals surface area contributed by atoms with Gasteiger partial charge in [-0.1, -0.05) is 139 Å². The van der Waals surface area contributed by atoms with E-state index in [1.807, 2.05) is 48.5 Å². The zero-order chi connectivity index (χ0) is 45.2. The summed E-state index contributed by atoms with van der Waals surface area (Å²) in [5.74, 6) is 1.22. The Balaban J connectivity index is 0.894. The van der Waals surface area contributed by atoms with Gasteiger partial charge in [0.15, 0.2) is 11.2 Å². The summed E-state index contributed by atoms with van der Waals surface area (Å²) in [6.07, 6.45) is 1.53. The van der Waals surface area contributed by atoms with Crippen molar-refractivity contribution in [2.24, 2.45) is 10.2 Å². The van der Waals surface area contributed by atoms with E-state index in [9.17, 15) is 0 Å². The van der Waals surface area contributed by atoms with Crippen molar-refractivity contribution in [2.45, 2.75) is 77.3 Å². The van der Waals surface area contributed by atoms with Crippen LogP contribution in [0.1, 0.15) is 99.8 Å². The van der Waals surface area contributed by atoms with E-state index in [0.717, 1.165) is 80.1 Å². The molecule has 2 aromatic heterocycles. The second-order valence-corrected chi connectivity index (χ2v) is 19.6.